The molecule has 0 radical (unpaired) electrons. The van der Waals surface area contributed by atoms with Gasteiger partial charge in [0.25, 0.3) is 5.91 Å². The molecule has 4 rings (SSSR count). The van der Waals surface area contributed by atoms with E-state index in [1.807, 2.05) is 47.4 Å². The first kappa shape index (κ1) is 14.0. The normalized spacial score (nSPS) is 26.4. The van der Waals surface area contributed by atoms with E-state index in [9.17, 15) is 4.79 Å². The number of ether oxygens (including phenoxy) is 1. The number of rotatable bonds is 2. The lowest BCUT2D eigenvalue weighted by molar-refractivity contribution is -0.0280. The molecular formula is C18H16BrNO2. The molecule has 22 heavy (non-hydrogen) atoms. The number of morpholine rings is 1. The molecule has 2 bridgehead atoms. The van der Waals surface area contributed by atoms with Gasteiger partial charge in [-0.15, -0.1) is 0 Å². The Morgan fingerprint density at radius 3 is 2.50 bits per heavy atom. The molecule has 2 aromatic rings. The Hall–Kier alpha value is -1.65. The third kappa shape index (κ3) is 2.36. The molecule has 2 heterocycles. The number of benzene rings is 2. The summed E-state index contributed by atoms with van der Waals surface area (Å²) in [5.74, 6) is 0.110. The van der Waals surface area contributed by atoms with Crippen LogP contribution in [0.3, 0.4) is 0 Å². The third-order valence-corrected chi connectivity index (χ3v) is 5.00. The highest BCUT2D eigenvalue weighted by Gasteiger charge is 2.48. The fourth-order valence-electron chi connectivity index (χ4n) is 3.44. The summed E-state index contributed by atoms with van der Waals surface area (Å²) in [6, 6.07) is 17.8. The predicted octanol–water partition coefficient (Wildman–Crippen LogP) is 3.80. The molecule has 4 heteroatoms. The number of carbonyl (C=O) groups excluding carboxylic acids is 1. The molecule has 2 saturated heterocycles. The number of halogens is 1. The minimum atomic E-state index is -0.0143. The number of hydrogen-bond donors (Lipinski definition) is 0. The Morgan fingerprint density at radius 1 is 1.09 bits per heavy atom. The Balaban J connectivity index is 1.59. The number of nitrogens with zero attached hydrogens (tertiary/aromatic N) is 1. The monoisotopic (exact) mass is 357 g/mol. The minimum Gasteiger partial charge on any atom is -0.366 e. The van der Waals surface area contributed by atoms with Gasteiger partial charge in [-0.2, -0.15) is 0 Å². The van der Waals surface area contributed by atoms with Gasteiger partial charge in [-0.25, -0.2) is 0 Å². The molecular weight excluding hydrogens is 342 g/mol. The van der Waals surface area contributed by atoms with Crippen LogP contribution in [-0.2, 0) is 4.74 Å². The van der Waals surface area contributed by atoms with Gasteiger partial charge >= 0.3 is 0 Å². The third-order valence-electron chi connectivity index (χ3n) is 4.47. The second kappa shape index (κ2) is 5.52. The lowest BCUT2D eigenvalue weighted by atomic mass is 10.0. The van der Waals surface area contributed by atoms with E-state index >= 15 is 0 Å². The highest BCUT2D eigenvalue weighted by atomic mass is 79.9. The second-order valence-electron chi connectivity index (χ2n) is 5.86. The fourth-order valence-corrected chi connectivity index (χ4v) is 3.71. The number of hydrogen-bond acceptors (Lipinski definition) is 2. The van der Waals surface area contributed by atoms with Gasteiger partial charge in [0.05, 0.1) is 12.1 Å². The maximum absolute atomic E-state index is 12.7. The summed E-state index contributed by atoms with van der Waals surface area (Å²) in [6.45, 7) is 0.700. The molecule has 0 unspecified atom stereocenters. The highest BCUT2D eigenvalue weighted by Crippen LogP contribution is 2.42. The van der Waals surface area contributed by atoms with Gasteiger partial charge < -0.3 is 9.64 Å². The summed E-state index contributed by atoms with van der Waals surface area (Å²) in [6.07, 6.45) is 1.07. The van der Waals surface area contributed by atoms with E-state index in [-0.39, 0.29) is 24.2 Å². The average molecular weight is 358 g/mol. The molecule has 112 valence electrons. The van der Waals surface area contributed by atoms with Crippen molar-refractivity contribution >= 4 is 21.8 Å². The van der Waals surface area contributed by atoms with Crippen LogP contribution >= 0.6 is 15.9 Å². The summed E-state index contributed by atoms with van der Waals surface area (Å²) < 4.78 is 7.15. The quantitative estimate of drug-likeness (QED) is 0.817. The van der Waals surface area contributed by atoms with Crippen molar-refractivity contribution < 1.29 is 9.53 Å². The largest absolute Gasteiger partial charge is 0.366 e. The zero-order chi connectivity index (χ0) is 15.1. The minimum absolute atomic E-state index is 0.0143. The van der Waals surface area contributed by atoms with Gasteiger partial charge in [-0.3, -0.25) is 4.79 Å². The van der Waals surface area contributed by atoms with E-state index in [4.69, 9.17) is 4.74 Å². The van der Waals surface area contributed by atoms with Gasteiger partial charge in [0.1, 0.15) is 6.10 Å². The number of likely N-dealkylation sites (tertiary alicyclic amines) is 1. The van der Waals surface area contributed by atoms with Crippen LogP contribution in [0.5, 0.6) is 0 Å². The van der Waals surface area contributed by atoms with Crippen molar-refractivity contribution in [1.29, 1.82) is 0 Å². The van der Waals surface area contributed by atoms with E-state index in [1.54, 1.807) is 0 Å². The fraction of sp³-hybridized carbons (Fsp3) is 0.278. The van der Waals surface area contributed by atoms with Gasteiger partial charge in [0.2, 0.25) is 0 Å². The number of carbonyl (C=O) groups is 1. The summed E-state index contributed by atoms with van der Waals surface area (Å²) >= 11 is 3.46. The van der Waals surface area contributed by atoms with E-state index in [0.717, 1.165) is 22.0 Å². The first-order valence-corrected chi connectivity index (χ1v) is 8.28. The smallest absolute Gasteiger partial charge is 0.254 e. The maximum Gasteiger partial charge on any atom is 0.254 e. The lowest BCUT2D eigenvalue weighted by Gasteiger charge is -2.33. The molecule has 0 saturated carbocycles. The van der Waals surface area contributed by atoms with Crippen molar-refractivity contribution in [2.45, 2.75) is 24.7 Å². The number of amides is 1. The SMILES string of the molecule is O=C(c1ccccc1)N1C[C@@H]2C[C@H]1[C@@H](c1ccc(Br)cc1)O2. The molecule has 3 atom stereocenters. The van der Waals surface area contributed by atoms with E-state index in [1.165, 1.54) is 0 Å². The van der Waals surface area contributed by atoms with Crippen LogP contribution in [-0.4, -0.2) is 29.5 Å². The standard InChI is InChI=1S/C18H16BrNO2/c19-14-8-6-12(7-9-14)17-16-10-15(22-17)11-20(16)18(21)13-4-2-1-3-5-13/h1-9,15-17H,10-11H2/t15-,16-,17+/m0/s1. The van der Waals surface area contributed by atoms with E-state index in [0.29, 0.717) is 6.54 Å². The van der Waals surface area contributed by atoms with Gasteiger partial charge in [0.15, 0.2) is 0 Å². The molecule has 0 aliphatic carbocycles. The molecule has 0 N–H and O–H groups in total. The Kier molecular flexibility index (Phi) is 3.51. The van der Waals surface area contributed by atoms with Crippen LogP contribution in [0.15, 0.2) is 59.1 Å². The van der Waals surface area contributed by atoms with Crippen molar-refractivity contribution in [3.8, 4) is 0 Å². The van der Waals surface area contributed by atoms with Crippen LogP contribution in [0.4, 0.5) is 0 Å². The first-order valence-electron chi connectivity index (χ1n) is 7.49. The van der Waals surface area contributed by atoms with Crippen LogP contribution in [0.2, 0.25) is 0 Å². The van der Waals surface area contributed by atoms with Crippen molar-refractivity contribution in [1.82, 2.24) is 4.90 Å². The Morgan fingerprint density at radius 2 is 1.82 bits per heavy atom. The lowest BCUT2D eigenvalue weighted by Crippen LogP contribution is -2.43. The van der Waals surface area contributed by atoms with Gasteiger partial charge in [-0.1, -0.05) is 46.3 Å². The predicted molar refractivity (Wildman–Crippen MR) is 87.6 cm³/mol. The Labute approximate surface area is 138 Å². The van der Waals surface area contributed by atoms with Crippen molar-refractivity contribution in [2.75, 3.05) is 6.54 Å². The van der Waals surface area contributed by atoms with E-state index < -0.39 is 0 Å². The van der Waals surface area contributed by atoms with E-state index in [2.05, 4.69) is 28.1 Å². The molecule has 3 nitrogen and oxygen atoms in total. The van der Waals surface area contributed by atoms with Crippen molar-refractivity contribution in [3.05, 3.63) is 70.2 Å². The maximum atomic E-state index is 12.7. The zero-order valence-electron chi connectivity index (χ0n) is 12.0. The summed E-state index contributed by atoms with van der Waals surface area (Å²) in [5, 5.41) is 0. The highest BCUT2D eigenvalue weighted by molar-refractivity contribution is 9.10. The van der Waals surface area contributed by atoms with Crippen molar-refractivity contribution in [2.24, 2.45) is 0 Å². The van der Waals surface area contributed by atoms with Crippen LogP contribution in [0, 0.1) is 0 Å². The van der Waals surface area contributed by atoms with Crippen LogP contribution in [0.1, 0.15) is 28.4 Å². The topological polar surface area (TPSA) is 29.5 Å². The molecule has 0 aromatic heterocycles. The number of fused-ring (bicyclic) bond motifs is 2. The molecule has 2 fully saturated rings. The van der Waals surface area contributed by atoms with Crippen LogP contribution in [0.25, 0.3) is 0 Å². The molecule has 0 spiro atoms. The first-order chi connectivity index (χ1) is 10.7. The van der Waals surface area contributed by atoms with Gasteiger partial charge in [0, 0.05) is 16.6 Å². The molecule has 2 aromatic carbocycles. The van der Waals surface area contributed by atoms with Crippen molar-refractivity contribution in [3.63, 3.8) is 0 Å². The van der Waals surface area contributed by atoms with Crippen LogP contribution < -0.4 is 0 Å². The Bertz CT molecular complexity index is 686. The molecule has 2 aliphatic heterocycles. The summed E-state index contributed by atoms with van der Waals surface area (Å²) in [7, 11) is 0. The summed E-state index contributed by atoms with van der Waals surface area (Å²) in [4.78, 5) is 14.7. The average Bonchev–Trinajstić information content (AvgIpc) is 3.16. The second-order valence-corrected chi connectivity index (χ2v) is 6.77. The zero-order valence-corrected chi connectivity index (χ0v) is 13.6. The summed E-state index contributed by atoms with van der Waals surface area (Å²) in [5.41, 5.74) is 1.89. The van der Waals surface area contributed by atoms with Gasteiger partial charge in [-0.05, 0) is 36.2 Å². The molecule has 2 aliphatic rings. The molecule has 1 amide bonds.